The van der Waals surface area contributed by atoms with Gasteiger partial charge in [-0.3, -0.25) is 4.52 Å². The Morgan fingerprint density at radius 1 is 1.06 bits per heavy atom. The molecule has 0 saturated heterocycles. The van der Waals surface area contributed by atoms with E-state index in [0.29, 0.717) is 16.6 Å². The number of aryl methyl sites for hydroxylation is 2. The normalized spacial score (nSPS) is 12.8. The predicted octanol–water partition coefficient (Wildman–Crippen LogP) is 7.68. The fourth-order valence-corrected chi connectivity index (χ4v) is 5.23. The molecule has 0 aliphatic heterocycles. The average Bonchev–Trinajstić information content (AvgIpc) is 2.79. The van der Waals surface area contributed by atoms with Crippen molar-refractivity contribution in [2.75, 3.05) is 7.11 Å². The first-order valence-corrected chi connectivity index (χ1v) is 12.9. The summed E-state index contributed by atoms with van der Waals surface area (Å²) in [5, 5.41) is 11.6. The van der Waals surface area contributed by atoms with E-state index >= 15 is 0 Å². The average molecular weight is 465 g/mol. The van der Waals surface area contributed by atoms with Crippen molar-refractivity contribution in [2.45, 2.75) is 46.5 Å². The number of rotatable bonds is 10. The van der Waals surface area contributed by atoms with Crippen LogP contribution < -0.4 is 9.83 Å². The second-order valence-corrected chi connectivity index (χ2v) is 10.4. The summed E-state index contributed by atoms with van der Waals surface area (Å²) < 4.78 is 25.4. The van der Waals surface area contributed by atoms with E-state index in [2.05, 4.69) is 13.5 Å². The fraction of sp³-hybridized carbons (Fsp3) is 0.286. The Morgan fingerprint density at radius 3 is 2.42 bits per heavy atom. The molecule has 0 saturated carbocycles. The lowest BCUT2D eigenvalue weighted by Gasteiger charge is -2.22. The van der Waals surface area contributed by atoms with Gasteiger partial charge in [0.15, 0.2) is 0 Å². The SMILES string of the molecule is C=C(C)c1ccc(C)cc1-c1c(O)cc(CCCCC)cc1OP(=O)(OC)c1ccccc1. The number of phenols is 1. The molecule has 0 spiro atoms. The van der Waals surface area contributed by atoms with Gasteiger partial charge in [-0.1, -0.05) is 73.9 Å². The van der Waals surface area contributed by atoms with E-state index in [4.69, 9.17) is 9.05 Å². The molecule has 3 aromatic rings. The van der Waals surface area contributed by atoms with Crippen molar-refractivity contribution in [1.82, 2.24) is 0 Å². The zero-order chi connectivity index (χ0) is 24.0. The Labute approximate surface area is 197 Å². The van der Waals surface area contributed by atoms with Crippen molar-refractivity contribution in [3.63, 3.8) is 0 Å². The maximum atomic E-state index is 13.8. The van der Waals surface area contributed by atoms with E-state index in [1.54, 1.807) is 30.3 Å². The molecule has 0 amide bonds. The number of phenolic OH excluding ortho intramolecular Hbond substituents is 1. The number of hydrogen-bond acceptors (Lipinski definition) is 4. The minimum Gasteiger partial charge on any atom is -0.507 e. The van der Waals surface area contributed by atoms with Crippen LogP contribution in [0.15, 0.2) is 67.2 Å². The van der Waals surface area contributed by atoms with Gasteiger partial charge in [0.05, 0.1) is 10.9 Å². The summed E-state index contributed by atoms with van der Waals surface area (Å²) in [5.74, 6) is 0.423. The number of hydrogen-bond donors (Lipinski definition) is 1. The van der Waals surface area contributed by atoms with E-state index in [1.165, 1.54) is 7.11 Å². The fourth-order valence-electron chi connectivity index (χ4n) is 3.89. The molecule has 1 N–H and O–H groups in total. The van der Waals surface area contributed by atoms with E-state index in [-0.39, 0.29) is 5.75 Å². The molecule has 0 bridgehead atoms. The summed E-state index contributed by atoms with van der Waals surface area (Å²) >= 11 is 0. The minimum atomic E-state index is -3.68. The number of benzene rings is 3. The molecule has 174 valence electrons. The molecule has 33 heavy (non-hydrogen) atoms. The van der Waals surface area contributed by atoms with Gasteiger partial charge in [-0.25, -0.2) is 4.57 Å². The quantitative estimate of drug-likeness (QED) is 0.247. The van der Waals surface area contributed by atoms with Crippen LogP contribution in [0.3, 0.4) is 0 Å². The third kappa shape index (κ3) is 5.76. The zero-order valence-electron chi connectivity index (χ0n) is 19.9. The Bertz CT molecular complexity index is 1170. The van der Waals surface area contributed by atoms with Gasteiger partial charge in [-0.05, 0) is 67.6 Å². The lowest BCUT2D eigenvalue weighted by molar-refractivity contribution is 0.333. The molecule has 0 aromatic heterocycles. The molecule has 3 aromatic carbocycles. The van der Waals surface area contributed by atoms with E-state index < -0.39 is 7.60 Å². The number of unbranched alkanes of at least 4 members (excludes halogenated alkanes) is 2. The summed E-state index contributed by atoms with van der Waals surface area (Å²) in [6.07, 6.45) is 3.99. The Hall–Kier alpha value is -2.81. The lowest BCUT2D eigenvalue weighted by Crippen LogP contribution is -2.11. The van der Waals surface area contributed by atoms with Crippen LogP contribution in [0.1, 0.15) is 49.8 Å². The smallest absolute Gasteiger partial charge is 0.410 e. The summed E-state index contributed by atoms with van der Waals surface area (Å²) in [6, 6.07) is 18.5. The maximum absolute atomic E-state index is 13.8. The molecule has 3 rings (SSSR count). The van der Waals surface area contributed by atoms with Gasteiger partial charge in [0, 0.05) is 7.11 Å². The van der Waals surface area contributed by atoms with Crippen LogP contribution >= 0.6 is 7.60 Å². The van der Waals surface area contributed by atoms with Gasteiger partial charge in [-0.2, -0.15) is 0 Å². The molecule has 0 heterocycles. The molecule has 0 aliphatic carbocycles. The van der Waals surface area contributed by atoms with Gasteiger partial charge in [0.2, 0.25) is 0 Å². The Morgan fingerprint density at radius 2 is 1.79 bits per heavy atom. The molecule has 4 nitrogen and oxygen atoms in total. The van der Waals surface area contributed by atoms with E-state index in [9.17, 15) is 9.67 Å². The third-order valence-electron chi connectivity index (χ3n) is 5.65. The first-order chi connectivity index (χ1) is 15.8. The van der Waals surface area contributed by atoms with Crippen LogP contribution in [-0.2, 0) is 15.5 Å². The monoisotopic (exact) mass is 464 g/mol. The zero-order valence-corrected chi connectivity index (χ0v) is 20.8. The molecule has 1 unspecified atom stereocenters. The Kier molecular flexibility index (Phi) is 8.18. The molecule has 0 radical (unpaired) electrons. The molecular formula is C28H33O4P. The van der Waals surface area contributed by atoms with E-state index in [0.717, 1.165) is 53.5 Å². The van der Waals surface area contributed by atoms with Crippen molar-refractivity contribution >= 4 is 18.5 Å². The first kappa shape index (κ1) is 24.8. The van der Waals surface area contributed by atoms with Crippen molar-refractivity contribution in [1.29, 1.82) is 0 Å². The van der Waals surface area contributed by atoms with Gasteiger partial charge in [0.25, 0.3) is 0 Å². The number of allylic oxidation sites excluding steroid dienone is 1. The van der Waals surface area contributed by atoms with Crippen LogP contribution in [0.25, 0.3) is 16.7 Å². The summed E-state index contributed by atoms with van der Waals surface area (Å²) in [6.45, 7) is 10.2. The highest BCUT2D eigenvalue weighted by atomic mass is 31.2. The predicted molar refractivity (Wildman–Crippen MR) is 138 cm³/mol. The van der Waals surface area contributed by atoms with Crippen molar-refractivity contribution in [3.8, 4) is 22.6 Å². The highest BCUT2D eigenvalue weighted by Gasteiger charge is 2.30. The topological polar surface area (TPSA) is 55.8 Å². The summed E-state index contributed by atoms with van der Waals surface area (Å²) in [5.41, 5.74) is 4.99. The highest BCUT2D eigenvalue weighted by molar-refractivity contribution is 7.62. The van der Waals surface area contributed by atoms with Crippen LogP contribution in [0.5, 0.6) is 11.5 Å². The molecular weight excluding hydrogens is 431 g/mol. The Balaban J connectivity index is 2.21. The minimum absolute atomic E-state index is 0.0859. The lowest BCUT2D eigenvalue weighted by atomic mass is 9.91. The molecule has 0 aliphatic rings. The first-order valence-electron chi connectivity index (χ1n) is 11.3. The second-order valence-electron chi connectivity index (χ2n) is 8.38. The highest BCUT2D eigenvalue weighted by Crippen LogP contribution is 2.52. The van der Waals surface area contributed by atoms with E-state index in [1.807, 2.05) is 44.2 Å². The second kappa shape index (κ2) is 10.9. The van der Waals surface area contributed by atoms with Crippen molar-refractivity contribution < 1.29 is 18.7 Å². The van der Waals surface area contributed by atoms with Crippen LogP contribution in [0.2, 0.25) is 0 Å². The largest absolute Gasteiger partial charge is 0.507 e. The molecule has 5 heteroatoms. The summed E-state index contributed by atoms with van der Waals surface area (Å²) in [7, 11) is -2.30. The van der Waals surface area contributed by atoms with Crippen molar-refractivity contribution in [3.05, 3.63) is 83.9 Å². The summed E-state index contributed by atoms with van der Waals surface area (Å²) in [4.78, 5) is 0. The van der Waals surface area contributed by atoms with Gasteiger partial charge >= 0.3 is 7.60 Å². The molecule has 0 fully saturated rings. The van der Waals surface area contributed by atoms with Crippen molar-refractivity contribution in [2.24, 2.45) is 0 Å². The van der Waals surface area contributed by atoms with Gasteiger partial charge < -0.3 is 9.63 Å². The van der Waals surface area contributed by atoms with Gasteiger partial charge in [0.1, 0.15) is 11.5 Å². The van der Waals surface area contributed by atoms with Crippen LogP contribution in [0, 0.1) is 6.92 Å². The maximum Gasteiger partial charge on any atom is 0.410 e. The van der Waals surface area contributed by atoms with Crippen LogP contribution in [-0.4, -0.2) is 12.2 Å². The number of aromatic hydroxyl groups is 1. The third-order valence-corrected chi connectivity index (χ3v) is 7.49. The van der Waals surface area contributed by atoms with Crippen LogP contribution in [0.4, 0.5) is 0 Å². The molecule has 1 atom stereocenters. The standard InChI is InChI=1S/C28H33O4P/c1-6-7-9-12-22-18-26(29)28(25-17-21(4)15-16-24(25)20(2)3)27(19-22)32-33(30,31-5)23-13-10-8-11-14-23/h8,10-11,13-19,29H,2,6-7,9,12H2,1,3-5H3. The van der Waals surface area contributed by atoms with Gasteiger partial charge in [-0.15, -0.1) is 0 Å².